The van der Waals surface area contributed by atoms with Crippen LogP contribution in [-0.2, 0) is 16.1 Å². The Kier molecular flexibility index (Phi) is 5.72. The van der Waals surface area contributed by atoms with E-state index in [9.17, 15) is 14.4 Å². The van der Waals surface area contributed by atoms with Crippen molar-refractivity contribution in [3.05, 3.63) is 75.7 Å². The molecule has 7 nitrogen and oxygen atoms in total. The Bertz CT molecular complexity index is 1150. The number of hydrogen-bond donors (Lipinski definition) is 1. The molecule has 3 heterocycles. The van der Waals surface area contributed by atoms with Gasteiger partial charge in [-0.25, -0.2) is 4.98 Å². The zero-order valence-electron chi connectivity index (χ0n) is 16.8. The van der Waals surface area contributed by atoms with Gasteiger partial charge >= 0.3 is 0 Å². The third kappa shape index (κ3) is 4.16. The summed E-state index contributed by atoms with van der Waals surface area (Å²) < 4.78 is 7.11. The van der Waals surface area contributed by atoms with Crippen LogP contribution >= 0.6 is 0 Å². The molecule has 154 valence electrons. The summed E-state index contributed by atoms with van der Waals surface area (Å²) in [5, 5.41) is 3.19. The van der Waals surface area contributed by atoms with E-state index in [2.05, 4.69) is 10.3 Å². The highest BCUT2D eigenvalue weighted by Gasteiger charge is 2.20. The Morgan fingerprint density at radius 1 is 1.20 bits per heavy atom. The Hall–Kier alpha value is -3.32. The van der Waals surface area contributed by atoms with Crippen molar-refractivity contribution >= 4 is 22.7 Å². The standard InChI is InChI=1S/C23H23N3O4/c1-15-9-10-18-22(29)19(21(28)16-6-3-2-4-7-16)13-26(23(18)25-15)14-20(27)24-12-17-8-5-11-30-17/h2-4,6-7,9-10,13,17H,5,8,11-12,14H2,1H3,(H,24,27). The van der Waals surface area contributed by atoms with Crippen LogP contribution in [0.1, 0.15) is 34.5 Å². The fourth-order valence-corrected chi connectivity index (χ4v) is 3.63. The molecule has 1 fully saturated rings. The van der Waals surface area contributed by atoms with Crippen LogP contribution in [0.4, 0.5) is 0 Å². The van der Waals surface area contributed by atoms with Gasteiger partial charge in [-0.3, -0.25) is 14.4 Å². The summed E-state index contributed by atoms with van der Waals surface area (Å²) in [6.07, 6.45) is 3.41. The average Bonchev–Trinajstić information content (AvgIpc) is 3.28. The predicted octanol–water partition coefficient (Wildman–Crippen LogP) is 2.23. The van der Waals surface area contributed by atoms with Gasteiger partial charge in [0.1, 0.15) is 12.2 Å². The Labute approximate surface area is 173 Å². The lowest BCUT2D eigenvalue weighted by molar-refractivity contribution is -0.122. The van der Waals surface area contributed by atoms with Crippen LogP contribution in [0, 0.1) is 6.92 Å². The number of aromatic nitrogens is 2. The number of rotatable bonds is 6. The highest BCUT2D eigenvalue weighted by Crippen LogP contribution is 2.14. The molecule has 1 unspecified atom stereocenters. The number of pyridine rings is 2. The molecule has 1 aliphatic heterocycles. The number of benzene rings is 1. The van der Waals surface area contributed by atoms with Crippen molar-refractivity contribution in [2.24, 2.45) is 0 Å². The van der Waals surface area contributed by atoms with Crippen LogP contribution in [0.15, 0.2) is 53.5 Å². The lowest BCUT2D eigenvalue weighted by atomic mass is 10.0. The van der Waals surface area contributed by atoms with Crippen molar-refractivity contribution in [3.63, 3.8) is 0 Å². The van der Waals surface area contributed by atoms with E-state index in [0.717, 1.165) is 25.1 Å². The van der Waals surface area contributed by atoms with Crippen LogP contribution in [0.2, 0.25) is 0 Å². The molecule has 0 radical (unpaired) electrons. The number of ketones is 1. The van der Waals surface area contributed by atoms with Gasteiger partial charge in [0.15, 0.2) is 5.78 Å². The van der Waals surface area contributed by atoms with E-state index >= 15 is 0 Å². The molecule has 1 saturated heterocycles. The molecule has 1 N–H and O–H groups in total. The van der Waals surface area contributed by atoms with E-state index in [1.165, 1.54) is 6.20 Å². The molecule has 0 bridgehead atoms. The van der Waals surface area contributed by atoms with Crippen LogP contribution in [0.25, 0.3) is 11.0 Å². The van der Waals surface area contributed by atoms with Crippen molar-refractivity contribution in [1.82, 2.24) is 14.9 Å². The molecule has 1 aromatic carbocycles. The number of ether oxygens (including phenoxy) is 1. The number of carbonyl (C=O) groups excluding carboxylic acids is 2. The zero-order chi connectivity index (χ0) is 21.1. The predicted molar refractivity (Wildman–Crippen MR) is 113 cm³/mol. The molecule has 3 aromatic rings. The summed E-state index contributed by atoms with van der Waals surface area (Å²) in [6.45, 7) is 2.93. The number of aryl methyl sites for hydroxylation is 1. The van der Waals surface area contributed by atoms with Crippen LogP contribution in [0.5, 0.6) is 0 Å². The summed E-state index contributed by atoms with van der Waals surface area (Å²) in [5.41, 5.74) is 1.16. The first-order valence-corrected chi connectivity index (χ1v) is 10.0. The normalized spacial score (nSPS) is 16.0. The molecule has 7 heteroatoms. The van der Waals surface area contributed by atoms with Gasteiger partial charge in [0.25, 0.3) is 0 Å². The van der Waals surface area contributed by atoms with Crippen LogP contribution < -0.4 is 10.7 Å². The third-order valence-corrected chi connectivity index (χ3v) is 5.21. The van der Waals surface area contributed by atoms with Gasteiger partial charge in [-0.15, -0.1) is 0 Å². The summed E-state index contributed by atoms with van der Waals surface area (Å²) in [5.74, 6) is -0.603. The Morgan fingerprint density at radius 2 is 2.00 bits per heavy atom. The maximum Gasteiger partial charge on any atom is 0.240 e. The number of carbonyl (C=O) groups is 2. The molecule has 1 atom stereocenters. The molecule has 4 rings (SSSR count). The molecule has 30 heavy (non-hydrogen) atoms. The molecule has 1 amide bonds. The summed E-state index contributed by atoms with van der Waals surface area (Å²) in [4.78, 5) is 43.0. The van der Waals surface area contributed by atoms with E-state index in [4.69, 9.17) is 4.74 Å². The Morgan fingerprint density at radius 3 is 2.73 bits per heavy atom. The summed E-state index contributed by atoms with van der Waals surface area (Å²) >= 11 is 0. The first-order chi connectivity index (χ1) is 14.5. The van der Waals surface area contributed by atoms with Crippen molar-refractivity contribution < 1.29 is 14.3 Å². The molecule has 1 aliphatic rings. The number of fused-ring (bicyclic) bond motifs is 1. The molecular weight excluding hydrogens is 382 g/mol. The fraction of sp³-hybridized carbons (Fsp3) is 0.304. The first-order valence-electron chi connectivity index (χ1n) is 10.0. The minimum atomic E-state index is -0.387. The maximum absolute atomic E-state index is 13.0. The molecular formula is C23H23N3O4. The smallest absolute Gasteiger partial charge is 0.240 e. The summed E-state index contributed by atoms with van der Waals surface area (Å²) in [6, 6.07) is 12.0. The van der Waals surface area contributed by atoms with Crippen molar-refractivity contribution in [2.45, 2.75) is 32.4 Å². The largest absolute Gasteiger partial charge is 0.376 e. The van der Waals surface area contributed by atoms with E-state index < -0.39 is 0 Å². The quantitative estimate of drug-likeness (QED) is 0.635. The van der Waals surface area contributed by atoms with Gasteiger partial charge in [0.05, 0.1) is 17.1 Å². The number of nitrogens with one attached hydrogen (secondary N) is 1. The monoisotopic (exact) mass is 405 g/mol. The minimum Gasteiger partial charge on any atom is -0.376 e. The number of amides is 1. The van der Waals surface area contributed by atoms with Gasteiger partial charge in [0, 0.05) is 30.6 Å². The second-order valence-electron chi connectivity index (χ2n) is 7.46. The number of nitrogens with zero attached hydrogens (tertiary/aromatic N) is 2. The highest BCUT2D eigenvalue weighted by atomic mass is 16.5. The van der Waals surface area contributed by atoms with E-state index in [-0.39, 0.29) is 35.3 Å². The zero-order valence-corrected chi connectivity index (χ0v) is 16.8. The molecule has 0 saturated carbocycles. The van der Waals surface area contributed by atoms with E-state index in [1.54, 1.807) is 47.0 Å². The SMILES string of the molecule is Cc1ccc2c(=O)c(C(=O)c3ccccc3)cn(CC(=O)NCC3CCCO3)c2n1. The van der Waals surface area contributed by atoms with Gasteiger partial charge in [-0.05, 0) is 31.9 Å². The second-order valence-corrected chi connectivity index (χ2v) is 7.46. The van der Waals surface area contributed by atoms with Gasteiger partial charge < -0.3 is 14.6 Å². The second kappa shape index (κ2) is 8.59. The summed E-state index contributed by atoms with van der Waals surface area (Å²) in [7, 11) is 0. The van der Waals surface area contributed by atoms with Gasteiger partial charge in [-0.1, -0.05) is 30.3 Å². The van der Waals surface area contributed by atoms with E-state index in [0.29, 0.717) is 23.1 Å². The highest BCUT2D eigenvalue weighted by molar-refractivity contribution is 6.10. The first kappa shape index (κ1) is 20.0. The third-order valence-electron chi connectivity index (χ3n) is 5.21. The fourth-order valence-electron chi connectivity index (χ4n) is 3.63. The van der Waals surface area contributed by atoms with Crippen molar-refractivity contribution in [3.8, 4) is 0 Å². The molecule has 2 aromatic heterocycles. The van der Waals surface area contributed by atoms with Crippen molar-refractivity contribution in [1.29, 1.82) is 0 Å². The lowest BCUT2D eigenvalue weighted by Crippen LogP contribution is -2.34. The van der Waals surface area contributed by atoms with Crippen LogP contribution in [-0.4, -0.2) is 40.5 Å². The van der Waals surface area contributed by atoms with Crippen molar-refractivity contribution in [2.75, 3.05) is 13.2 Å². The van der Waals surface area contributed by atoms with E-state index in [1.807, 2.05) is 6.92 Å². The maximum atomic E-state index is 13.0. The average molecular weight is 405 g/mol. The van der Waals surface area contributed by atoms with Gasteiger partial charge in [0.2, 0.25) is 11.3 Å². The van der Waals surface area contributed by atoms with Gasteiger partial charge in [-0.2, -0.15) is 0 Å². The topological polar surface area (TPSA) is 90.3 Å². The Balaban J connectivity index is 1.69. The lowest BCUT2D eigenvalue weighted by Gasteiger charge is -2.14. The molecule has 0 aliphatic carbocycles. The minimum absolute atomic E-state index is 0.0197. The van der Waals surface area contributed by atoms with Crippen LogP contribution in [0.3, 0.4) is 0 Å². The molecule has 0 spiro atoms. The number of hydrogen-bond acceptors (Lipinski definition) is 5.